The molecule has 0 bridgehead atoms. The Bertz CT molecular complexity index is 943. The zero-order valence-corrected chi connectivity index (χ0v) is 15.7. The van der Waals surface area contributed by atoms with E-state index in [1.54, 1.807) is 24.3 Å². The van der Waals surface area contributed by atoms with E-state index in [4.69, 9.17) is 0 Å². The highest BCUT2D eigenvalue weighted by atomic mass is 16.2. The summed E-state index contributed by atoms with van der Waals surface area (Å²) in [5.74, 6) is -0.179. The van der Waals surface area contributed by atoms with Crippen LogP contribution in [-0.4, -0.2) is 17.9 Å². The first-order valence-electron chi connectivity index (χ1n) is 9.24. The predicted octanol–water partition coefficient (Wildman–Crippen LogP) is 4.55. The van der Waals surface area contributed by atoms with Gasteiger partial charge < -0.3 is 10.6 Å². The summed E-state index contributed by atoms with van der Waals surface area (Å²) in [5, 5.41) is 8.05. The van der Waals surface area contributed by atoms with Crippen molar-refractivity contribution < 1.29 is 9.59 Å². The number of nitrogens with one attached hydrogen (secondary N) is 2. The fraction of sp³-hybridized carbons (Fsp3) is 0.217. The van der Waals surface area contributed by atoms with Crippen molar-refractivity contribution in [2.45, 2.75) is 32.7 Å². The molecule has 2 N–H and O–H groups in total. The Kier molecular flexibility index (Phi) is 5.87. The average molecular weight is 360 g/mol. The van der Waals surface area contributed by atoms with Gasteiger partial charge in [0.2, 0.25) is 5.91 Å². The minimum atomic E-state index is -0.0991. The largest absolute Gasteiger partial charge is 0.350 e. The van der Waals surface area contributed by atoms with Crippen LogP contribution >= 0.6 is 0 Å². The molecule has 0 aromatic heterocycles. The molecule has 0 heterocycles. The SMILES string of the molecule is CCC(C)NC(=O)c1ccc(NC(=O)Cc2cccc3ccccc23)cc1. The Morgan fingerprint density at radius 2 is 1.63 bits per heavy atom. The van der Waals surface area contributed by atoms with Gasteiger partial charge in [-0.2, -0.15) is 0 Å². The van der Waals surface area contributed by atoms with Gasteiger partial charge in [-0.05, 0) is 53.9 Å². The molecule has 0 aliphatic carbocycles. The number of hydrogen-bond acceptors (Lipinski definition) is 2. The summed E-state index contributed by atoms with van der Waals surface area (Å²) >= 11 is 0. The monoisotopic (exact) mass is 360 g/mol. The van der Waals surface area contributed by atoms with Crippen molar-refractivity contribution in [1.29, 1.82) is 0 Å². The van der Waals surface area contributed by atoms with Crippen molar-refractivity contribution in [3.05, 3.63) is 77.9 Å². The number of fused-ring (bicyclic) bond motifs is 1. The maximum absolute atomic E-state index is 12.4. The number of amides is 2. The maximum Gasteiger partial charge on any atom is 0.251 e. The first-order chi connectivity index (χ1) is 13.1. The van der Waals surface area contributed by atoms with Gasteiger partial charge in [-0.25, -0.2) is 0 Å². The van der Waals surface area contributed by atoms with Crippen LogP contribution in [0.15, 0.2) is 66.7 Å². The van der Waals surface area contributed by atoms with Gasteiger partial charge in [-0.1, -0.05) is 49.4 Å². The summed E-state index contributed by atoms with van der Waals surface area (Å²) in [7, 11) is 0. The van der Waals surface area contributed by atoms with Crippen LogP contribution in [-0.2, 0) is 11.2 Å². The average Bonchev–Trinajstić information content (AvgIpc) is 2.68. The number of carbonyl (C=O) groups excluding carboxylic acids is 2. The number of anilines is 1. The van der Waals surface area contributed by atoms with Crippen molar-refractivity contribution in [2.75, 3.05) is 5.32 Å². The molecule has 0 aliphatic heterocycles. The molecule has 0 spiro atoms. The summed E-state index contributed by atoms with van der Waals surface area (Å²) < 4.78 is 0. The number of benzene rings is 3. The van der Waals surface area contributed by atoms with E-state index in [9.17, 15) is 9.59 Å². The minimum absolute atomic E-state index is 0.0804. The van der Waals surface area contributed by atoms with Crippen LogP contribution < -0.4 is 10.6 Å². The van der Waals surface area contributed by atoms with E-state index in [0.29, 0.717) is 17.7 Å². The lowest BCUT2D eigenvalue weighted by atomic mass is 10.0. The topological polar surface area (TPSA) is 58.2 Å². The molecule has 27 heavy (non-hydrogen) atoms. The third-order valence-electron chi connectivity index (χ3n) is 4.65. The van der Waals surface area contributed by atoms with Gasteiger partial charge in [0, 0.05) is 17.3 Å². The molecule has 1 atom stereocenters. The van der Waals surface area contributed by atoms with E-state index in [1.165, 1.54) is 0 Å². The molecule has 3 aromatic rings. The van der Waals surface area contributed by atoms with Crippen LogP contribution in [0.1, 0.15) is 36.2 Å². The summed E-state index contributed by atoms with van der Waals surface area (Å²) in [4.78, 5) is 24.6. The fourth-order valence-corrected chi connectivity index (χ4v) is 2.94. The van der Waals surface area contributed by atoms with Gasteiger partial charge >= 0.3 is 0 Å². The van der Waals surface area contributed by atoms with Gasteiger partial charge in [-0.3, -0.25) is 9.59 Å². The van der Waals surface area contributed by atoms with Crippen LogP contribution in [0, 0.1) is 0 Å². The molecule has 0 aliphatic rings. The molecule has 3 aromatic carbocycles. The van der Waals surface area contributed by atoms with E-state index in [2.05, 4.69) is 10.6 Å². The maximum atomic E-state index is 12.4. The third-order valence-corrected chi connectivity index (χ3v) is 4.65. The molecule has 0 saturated carbocycles. The van der Waals surface area contributed by atoms with Crippen LogP contribution in [0.3, 0.4) is 0 Å². The highest BCUT2D eigenvalue weighted by Gasteiger charge is 2.10. The molecule has 4 nitrogen and oxygen atoms in total. The summed E-state index contributed by atoms with van der Waals surface area (Å²) in [6.45, 7) is 4.00. The standard InChI is InChI=1S/C23H24N2O2/c1-3-16(2)24-23(27)18-11-13-20(14-12-18)25-22(26)15-19-9-6-8-17-7-4-5-10-21(17)19/h4-14,16H,3,15H2,1-2H3,(H,24,27)(H,25,26). The number of rotatable bonds is 6. The van der Waals surface area contributed by atoms with Gasteiger partial charge in [0.1, 0.15) is 0 Å². The lowest BCUT2D eigenvalue weighted by Gasteiger charge is -2.12. The Morgan fingerprint density at radius 3 is 2.37 bits per heavy atom. The molecule has 0 saturated heterocycles. The molecule has 1 unspecified atom stereocenters. The Balaban J connectivity index is 1.65. The first kappa shape index (κ1) is 18.6. The highest BCUT2D eigenvalue weighted by Crippen LogP contribution is 2.19. The third kappa shape index (κ3) is 4.73. The lowest BCUT2D eigenvalue weighted by Crippen LogP contribution is -2.31. The van der Waals surface area contributed by atoms with E-state index in [0.717, 1.165) is 22.8 Å². The molecule has 0 fully saturated rings. The van der Waals surface area contributed by atoms with Crippen molar-refractivity contribution in [1.82, 2.24) is 5.32 Å². The van der Waals surface area contributed by atoms with E-state index < -0.39 is 0 Å². The molecule has 138 valence electrons. The van der Waals surface area contributed by atoms with E-state index in [1.807, 2.05) is 56.3 Å². The predicted molar refractivity (Wildman–Crippen MR) is 110 cm³/mol. The summed E-state index contributed by atoms with van der Waals surface area (Å²) in [6, 6.07) is 21.1. The summed E-state index contributed by atoms with van der Waals surface area (Å²) in [6.07, 6.45) is 1.19. The van der Waals surface area contributed by atoms with Gasteiger partial charge in [0.25, 0.3) is 5.91 Å². The second kappa shape index (κ2) is 8.49. The fourth-order valence-electron chi connectivity index (χ4n) is 2.94. The highest BCUT2D eigenvalue weighted by molar-refractivity contribution is 5.97. The normalized spacial score (nSPS) is 11.8. The molecule has 2 amide bonds. The van der Waals surface area contributed by atoms with Crippen LogP contribution in [0.5, 0.6) is 0 Å². The van der Waals surface area contributed by atoms with Crippen molar-refractivity contribution in [2.24, 2.45) is 0 Å². The second-order valence-corrected chi connectivity index (χ2v) is 6.72. The van der Waals surface area contributed by atoms with Crippen LogP contribution in [0.2, 0.25) is 0 Å². The van der Waals surface area contributed by atoms with Crippen LogP contribution in [0.4, 0.5) is 5.69 Å². The first-order valence-corrected chi connectivity index (χ1v) is 9.24. The van der Waals surface area contributed by atoms with Crippen molar-refractivity contribution in [3.8, 4) is 0 Å². The number of carbonyl (C=O) groups is 2. The Morgan fingerprint density at radius 1 is 0.926 bits per heavy atom. The van der Waals surface area contributed by atoms with Crippen LogP contribution in [0.25, 0.3) is 10.8 Å². The molecule has 0 radical (unpaired) electrons. The Labute approximate surface area is 159 Å². The van der Waals surface area contributed by atoms with Crippen molar-refractivity contribution >= 4 is 28.3 Å². The quantitative estimate of drug-likeness (QED) is 0.677. The molecule has 3 rings (SSSR count). The second-order valence-electron chi connectivity index (χ2n) is 6.72. The van der Waals surface area contributed by atoms with E-state index >= 15 is 0 Å². The Hall–Kier alpha value is -3.14. The van der Waals surface area contributed by atoms with E-state index in [-0.39, 0.29) is 17.9 Å². The molecular formula is C23H24N2O2. The zero-order chi connectivity index (χ0) is 19.2. The summed E-state index contributed by atoms with van der Waals surface area (Å²) in [5.41, 5.74) is 2.26. The van der Waals surface area contributed by atoms with Gasteiger partial charge in [-0.15, -0.1) is 0 Å². The van der Waals surface area contributed by atoms with Gasteiger partial charge in [0.05, 0.1) is 6.42 Å². The molecule has 4 heteroatoms. The minimum Gasteiger partial charge on any atom is -0.350 e. The van der Waals surface area contributed by atoms with Gasteiger partial charge in [0.15, 0.2) is 0 Å². The molecular weight excluding hydrogens is 336 g/mol. The smallest absolute Gasteiger partial charge is 0.251 e. The van der Waals surface area contributed by atoms with Crippen molar-refractivity contribution in [3.63, 3.8) is 0 Å². The number of hydrogen-bond donors (Lipinski definition) is 2. The lowest BCUT2D eigenvalue weighted by molar-refractivity contribution is -0.115. The zero-order valence-electron chi connectivity index (χ0n) is 15.7.